The minimum atomic E-state index is 0.548. The van der Waals surface area contributed by atoms with Gasteiger partial charge in [-0.2, -0.15) is 0 Å². The second kappa shape index (κ2) is 5.18. The van der Waals surface area contributed by atoms with Gasteiger partial charge < -0.3 is 15.2 Å². The molecule has 4 nitrogen and oxygen atoms in total. The standard InChI is InChI=1S/C15H16N2O2/c16-15-10-12(4-5-17-15)8-11-2-3-13-14(9-11)19-7-1-6-18-13/h2-5,9-10H,1,6-8H2,(H2,16,17). The van der Waals surface area contributed by atoms with E-state index in [4.69, 9.17) is 15.2 Å². The van der Waals surface area contributed by atoms with Gasteiger partial charge in [-0.1, -0.05) is 6.07 Å². The van der Waals surface area contributed by atoms with Crippen LogP contribution in [0.1, 0.15) is 17.5 Å². The van der Waals surface area contributed by atoms with Crippen LogP contribution < -0.4 is 15.2 Å². The van der Waals surface area contributed by atoms with E-state index in [2.05, 4.69) is 11.1 Å². The average molecular weight is 256 g/mol. The number of nitrogens with zero attached hydrogens (tertiary/aromatic N) is 1. The molecule has 1 aliphatic rings. The van der Waals surface area contributed by atoms with Crippen molar-refractivity contribution < 1.29 is 9.47 Å². The molecule has 0 fully saturated rings. The lowest BCUT2D eigenvalue weighted by molar-refractivity contribution is 0.297. The molecule has 1 aromatic carbocycles. The molecule has 2 aromatic rings. The van der Waals surface area contributed by atoms with Crippen molar-refractivity contribution in [3.05, 3.63) is 47.7 Å². The van der Waals surface area contributed by atoms with Crippen LogP contribution in [-0.2, 0) is 6.42 Å². The van der Waals surface area contributed by atoms with Crippen LogP contribution in [0.15, 0.2) is 36.5 Å². The Labute approximate surface area is 112 Å². The van der Waals surface area contributed by atoms with Crippen LogP contribution in [-0.4, -0.2) is 18.2 Å². The summed E-state index contributed by atoms with van der Waals surface area (Å²) < 4.78 is 11.3. The lowest BCUT2D eigenvalue weighted by Crippen LogP contribution is -1.97. The van der Waals surface area contributed by atoms with Crippen LogP contribution >= 0.6 is 0 Å². The van der Waals surface area contributed by atoms with Gasteiger partial charge in [-0.15, -0.1) is 0 Å². The van der Waals surface area contributed by atoms with Crippen molar-refractivity contribution >= 4 is 5.82 Å². The van der Waals surface area contributed by atoms with E-state index in [0.717, 1.165) is 29.9 Å². The van der Waals surface area contributed by atoms with Crippen molar-refractivity contribution in [2.75, 3.05) is 18.9 Å². The van der Waals surface area contributed by atoms with E-state index >= 15 is 0 Å². The molecule has 0 saturated heterocycles. The molecule has 2 N–H and O–H groups in total. The molecule has 0 bridgehead atoms. The van der Waals surface area contributed by atoms with Crippen molar-refractivity contribution in [3.63, 3.8) is 0 Å². The normalized spacial score (nSPS) is 13.9. The van der Waals surface area contributed by atoms with Gasteiger partial charge in [-0.3, -0.25) is 0 Å². The monoisotopic (exact) mass is 256 g/mol. The number of nitrogen functional groups attached to an aromatic ring is 1. The molecule has 1 aliphatic heterocycles. The number of pyridine rings is 1. The zero-order valence-electron chi connectivity index (χ0n) is 10.6. The number of hydrogen-bond acceptors (Lipinski definition) is 4. The number of rotatable bonds is 2. The van der Waals surface area contributed by atoms with Gasteiger partial charge in [0.05, 0.1) is 13.2 Å². The first-order valence-electron chi connectivity index (χ1n) is 6.40. The summed E-state index contributed by atoms with van der Waals surface area (Å²) in [5, 5.41) is 0. The molecule has 0 amide bonds. The molecule has 0 saturated carbocycles. The summed E-state index contributed by atoms with van der Waals surface area (Å²) in [6.07, 6.45) is 3.46. The van der Waals surface area contributed by atoms with Crippen LogP contribution in [0.5, 0.6) is 11.5 Å². The second-order valence-electron chi connectivity index (χ2n) is 4.60. The lowest BCUT2D eigenvalue weighted by Gasteiger charge is -2.09. The molecule has 2 heterocycles. The minimum absolute atomic E-state index is 0.548. The number of fused-ring (bicyclic) bond motifs is 1. The van der Waals surface area contributed by atoms with E-state index in [1.807, 2.05) is 24.3 Å². The van der Waals surface area contributed by atoms with Crippen molar-refractivity contribution in [2.24, 2.45) is 0 Å². The average Bonchev–Trinajstić information content (AvgIpc) is 2.63. The van der Waals surface area contributed by atoms with Crippen molar-refractivity contribution in [1.82, 2.24) is 4.98 Å². The summed E-state index contributed by atoms with van der Waals surface area (Å²) in [6.45, 7) is 1.42. The molecule has 0 spiro atoms. The summed E-state index contributed by atoms with van der Waals surface area (Å²) in [6, 6.07) is 9.93. The molecule has 0 aliphatic carbocycles. The lowest BCUT2D eigenvalue weighted by atomic mass is 10.1. The van der Waals surface area contributed by atoms with Gasteiger partial charge in [0.1, 0.15) is 5.82 Å². The molecule has 0 radical (unpaired) electrons. The SMILES string of the molecule is Nc1cc(Cc2ccc3c(c2)OCCCO3)ccn1. The first kappa shape index (κ1) is 11.8. The van der Waals surface area contributed by atoms with Gasteiger partial charge in [0, 0.05) is 12.6 Å². The van der Waals surface area contributed by atoms with Gasteiger partial charge in [0.2, 0.25) is 0 Å². The first-order valence-corrected chi connectivity index (χ1v) is 6.40. The molecule has 0 atom stereocenters. The summed E-state index contributed by atoms with van der Waals surface area (Å²) in [5.74, 6) is 2.21. The number of aromatic nitrogens is 1. The highest BCUT2D eigenvalue weighted by molar-refractivity contribution is 5.45. The van der Waals surface area contributed by atoms with Crippen molar-refractivity contribution in [1.29, 1.82) is 0 Å². The van der Waals surface area contributed by atoms with Crippen LogP contribution in [0.3, 0.4) is 0 Å². The van der Waals surface area contributed by atoms with Crippen LogP contribution in [0.25, 0.3) is 0 Å². The Morgan fingerprint density at radius 2 is 1.79 bits per heavy atom. The smallest absolute Gasteiger partial charge is 0.161 e. The Kier molecular flexibility index (Phi) is 3.23. The maximum absolute atomic E-state index is 5.69. The Balaban J connectivity index is 1.84. The van der Waals surface area contributed by atoms with E-state index < -0.39 is 0 Å². The zero-order chi connectivity index (χ0) is 13.1. The van der Waals surface area contributed by atoms with E-state index in [1.54, 1.807) is 6.20 Å². The van der Waals surface area contributed by atoms with E-state index in [0.29, 0.717) is 19.0 Å². The van der Waals surface area contributed by atoms with Crippen LogP contribution in [0, 0.1) is 0 Å². The summed E-state index contributed by atoms with van der Waals surface area (Å²) in [4.78, 5) is 4.00. The van der Waals surface area contributed by atoms with Gasteiger partial charge in [-0.05, 0) is 41.8 Å². The Morgan fingerprint density at radius 3 is 2.63 bits per heavy atom. The third-order valence-corrected chi connectivity index (χ3v) is 3.07. The number of nitrogens with two attached hydrogens (primary N) is 1. The van der Waals surface area contributed by atoms with Gasteiger partial charge >= 0.3 is 0 Å². The maximum atomic E-state index is 5.69. The summed E-state index contributed by atoms with van der Waals surface area (Å²) in [7, 11) is 0. The Morgan fingerprint density at radius 1 is 1.00 bits per heavy atom. The maximum Gasteiger partial charge on any atom is 0.161 e. The quantitative estimate of drug-likeness (QED) is 0.896. The first-order chi connectivity index (χ1) is 9.31. The van der Waals surface area contributed by atoms with Gasteiger partial charge in [0.15, 0.2) is 11.5 Å². The second-order valence-corrected chi connectivity index (χ2v) is 4.60. The Hall–Kier alpha value is -2.23. The largest absolute Gasteiger partial charge is 0.490 e. The molecule has 0 unspecified atom stereocenters. The number of anilines is 1. The minimum Gasteiger partial charge on any atom is -0.490 e. The zero-order valence-corrected chi connectivity index (χ0v) is 10.6. The predicted molar refractivity (Wildman–Crippen MR) is 73.5 cm³/mol. The number of hydrogen-bond donors (Lipinski definition) is 1. The predicted octanol–water partition coefficient (Wildman–Crippen LogP) is 2.42. The summed E-state index contributed by atoms with van der Waals surface area (Å²) in [5.41, 5.74) is 8.00. The fraction of sp³-hybridized carbons (Fsp3) is 0.267. The fourth-order valence-corrected chi connectivity index (χ4v) is 2.16. The number of ether oxygens (including phenoxy) is 2. The highest BCUT2D eigenvalue weighted by Crippen LogP contribution is 2.31. The molecule has 19 heavy (non-hydrogen) atoms. The molecular formula is C15H16N2O2. The van der Waals surface area contributed by atoms with Crippen molar-refractivity contribution in [3.8, 4) is 11.5 Å². The Bertz CT molecular complexity index is 584. The number of benzene rings is 1. The highest BCUT2D eigenvalue weighted by Gasteiger charge is 2.10. The van der Waals surface area contributed by atoms with E-state index in [9.17, 15) is 0 Å². The molecule has 4 heteroatoms. The van der Waals surface area contributed by atoms with Crippen molar-refractivity contribution in [2.45, 2.75) is 12.8 Å². The third-order valence-electron chi connectivity index (χ3n) is 3.07. The molecule has 3 rings (SSSR count). The highest BCUT2D eigenvalue weighted by atomic mass is 16.5. The van der Waals surface area contributed by atoms with Crippen LogP contribution in [0.4, 0.5) is 5.82 Å². The van der Waals surface area contributed by atoms with E-state index in [1.165, 1.54) is 5.56 Å². The molecule has 98 valence electrons. The molecular weight excluding hydrogens is 240 g/mol. The topological polar surface area (TPSA) is 57.4 Å². The van der Waals surface area contributed by atoms with Crippen LogP contribution in [0.2, 0.25) is 0 Å². The third kappa shape index (κ3) is 2.78. The van der Waals surface area contributed by atoms with E-state index in [-0.39, 0.29) is 0 Å². The van der Waals surface area contributed by atoms with Gasteiger partial charge in [0.25, 0.3) is 0 Å². The van der Waals surface area contributed by atoms with Gasteiger partial charge in [-0.25, -0.2) is 4.98 Å². The fourth-order valence-electron chi connectivity index (χ4n) is 2.16. The molecule has 1 aromatic heterocycles. The summed E-state index contributed by atoms with van der Waals surface area (Å²) >= 11 is 0.